The zero-order chi connectivity index (χ0) is 33.3. The van der Waals surface area contributed by atoms with Crippen LogP contribution >= 0.6 is 0 Å². The summed E-state index contributed by atoms with van der Waals surface area (Å²) in [5.41, 5.74) is -0.685. The lowest BCUT2D eigenvalue weighted by Gasteiger charge is -2.38. The lowest BCUT2D eigenvalue weighted by atomic mass is 9.96. The molecule has 5 rings (SSSR count). The second-order valence-electron chi connectivity index (χ2n) is 10.9. The lowest BCUT2D eigenvalue weighted by molar-refractivity contribution is -0.167. The minimum absolute atomic E-state index is 0.0343. The average Bonchev–Trinajstić information content (AvgIpc) is 3.02. The molecular formula is C31H31F5N4O6. The van der Waals surface area contributed by atoms with Crippen LogP contribution in [-0.2, 0) is 23.0 Å². The van der Waals surface area contributed by atoms with E-state index in [1.807, 2.05) is 0 Å². The van der Waals surface area contributed by atoms with E-state index >= 15 is 8.78 Å². The van der Waals surface area contributed by atoms with Gasteiger partial charge in [0.25, 0.3) is 11.5 Å². The van der Waals surface area contributed by atoms with Gasteiger partial charge in [0.05, 0.1) is 24.8 Å². The van der Waals surface area contributed by atoms with Crippen LogP contribution in [0.1, 0.15) is 35.1 Å². The summed E-state index contributed by atoms with van der Waals surface area (Å²) < 4.78 is 89.1. The Bertz CT molecular complexity index is 1700. The Morgan fingerprint density at radius 1 is 1.07 bits per heavy atom. The van der Waals surface area contributed by atoms with Crippen LogP contribution in [0.2, 0.25) is 0 Å². The molecule has 1 amide bonds. The Labute approximate surface area is 260 Å². The molecule has 1 N–H and O–H groups in total. The van der Waals surface area contributed by atoms with Gasteiger partial charge < -0.3 is 24.4 Å². The molecular weight excluding hydrogens is 619 g/mol. The van der Waals surface area contributed by atoms with E-state index in [0.29, 0.717) is 29.1 Å². The molecule has 3 aromatic rings. The summed E-state index contributed by atoms with van der Waals surface area (Å²) in [5.74, 6) is -3.53. The van der Waals surface area contributed by atoms with Gasteiger partial charge in [-0.3, -0.25) is 19.0 Å². The molecule has 0 unspecified atom stereocenters. The topological polar surface area (TPSA) is 112 Å². The van der Waals surface area contributed by atoms with Crippen molar-refractivity contribution in [3.63, 3.8) is 0 Å². The van der Waals surface area contributed by atoms with Crippen molar-refractivity contribution in [2.75, 3.05) is 37.9 Å². The number of benzene rings is 2. The van der Waals surface area contributed by atoms with Gasteiger partial charge in [0.1, 0.15) is 42.3 Å². The maximum atomic E-state index is 15.2. The van der Waals surface area contributed by atoms with E-state index in [-0.39, 0.29) is 61.8 Å². The smallest absolute Gasteiger partial charge is 0.411 e. The van der Waals surface area contributed by atoms with Crippen LogP contribution in [0.15, 0.2) is 35.3 Å². The summed E-state index contributed by atoms with van der Waals surface area (Å²) in [6.07, 6.45) is -3.49. The van der Waals surface area contributed by atoms with Gasteiger partial charge in [0.15, 0.2) is 17.3 Å². The standard InChI is InChI=1S/C31H31F5N4O6/c1-4-24(41)23(11-17-5-6-19(28-27(17)45-9-10-46-28)20-14-37-16(2)39(3)30(20)43)38-29(42)26-21(32)12-18(13-22(26)33)40-7-8-44-15-25(40)31(34,35)36/h5-6,12-14,23,25H,4,7-11,15H2,1-3H3,(H,38,42)/t23-,25+/m0/s1. The molecule has 2 aliphatic rings. The molecule has 1 aromatic heterocycles. The minimum atomic E-state index is -4.73. The number of alkyl halides is 3. The van der Waals surface area contributed by atoms with Crippen molar-refractivity contribution in [2.24, 2.45) is 7.05 Å². The van der Waals surface area contributed by atoms with Crippen LogP contribution in [0, 0.1) is 18.6 Å². The molecule has 2 aliphatic heterocycles. The van der Waals surface area contributed by atoms with Crippen molar-refractivity contribution in [1.82, 2.24) is 14.9 Å². The van der Waals surface area contributed by atoms with Gasteiger partial charge in [-0.1, -0.05) is 13.0 Å². The van der Waals surface area contributed by atoms with Crippen molar-refractivity contribution >= 4 is 17.4 Å². The van der Waals surface area contributed by atoms with Gasteiger partial charge in [-0.25, -0.2) is 13.8 Å². The third-order valence-electron chi connectivity index (χ3n) is 8.02. The van der Waals surface area contributed by atoms with Gasteiger partial charge in [-0.05, 0) is 25.1 Å². The number of rotatable bonds is 8. The van der Waals surface area contributed by atoms with E-state index in [2.05, 4.69) is 10.3 Å². The maximum absolute atomic E-state index is 15.2. The monoisotopic (exact) mass is 650 g/mol. The van der Waals surface area contributed by atoms with Gasteiger partial charge in [0, 0.05) is 49.4 Å². The third-order valence-corrected chi connectivity index (χ3v) is 8.02. The number of hydrogen-bond acceptors (Lipinski definition) is 8. The SMILES string of the molecule is CCC(=O)[C@H](Cc1ccc(-c2cnc(C)n(C)c2=O)c2c1OCCO2)NC(=O)c1c(F)cc(N2CCOC[C@@H]2C(F)(F)F)cc1F. The number of carbonyl (C=O) groups is 2. The zero-order valence-corrected chi connectivity index (χ0v) is 25.2. The number of anilines is 1. The van der Waals surface area contributed by atoms with Crippen molar-refractivity contribution in [3.8, 4) is 22.6 Å². The number of aryl methyl sites for hydroxylation is 1. The van der Waals surface area contributed by atoms with Crippen molar-refractivity contribution in [1.29, 1.82) is 0 Å². The number of hydrogen-bond donors (Lipinski definition) is 1. The average molecular weight is 651 g/mol. The Morgan fingerprint density at radius 3 is 2.39 bits per heavy atom. The first-order valence-corrected chi connectivity index (χ1v) is 14.5. The number of halogens is 5. The lowest BCUT2D eigenvalue weighted by Crippen LogP contribution is -2.53. The summed E-state index contributed by atoms with van der Waals surface area (Å²) in [6.45, 7) is 2.50. The molecule has 246 valence electrons. The van der Waals surface area contributed by atoms with E-state index in [4.69, 9.17) is 14.2 Å². The van der Waals surface area contributed by atoms with Gasteiger partial charge in [0.2, 0.25) is 0 Å². The highest BCUT2D eigenvalue weighted by molar-refractivity contribution is 5.98. The summed E-state index contributed by atoms with van der Waals surface area (Å²) in [6, 6.07) is 1.12. The molecule has 0 aliphatic carbocycles. The summed E-state index contributed by atoms with van der Waals surface area (Å²) in [4.78, 5) is 44.1. The minimum Gasteiger partial charge on any atom is -0.486 e. The first-order valence-electron chi connectivity index (χ1n) is 14.5. The van der Waals surface area contributed by atoms with E-state index in [1.165, 1.54) is 10.8 Å². The highest BCUT2D eigenvalue weighted by Gasteiger charge is 2.46. The highest BCUT2D eigenvalue weighted by Crippen LogP contribution is 2.42. The molecule has 46 heavy (non-hydrogen) atoms. The fraction of sp³-hybridized carbons (Fsp3) is 0.419. The van der Waals surface area contributed by atoms with E-state index in [1.54, 1.807) is 33.0 Å². The number of morpholine rings is 1. The predicted octanol–water partition coefficient (Wildman–Crippen LogP) is 3.89. The fourth-order valence-electron chi connectivity index (χ4n) is 5.45. The molecule has 2 aromatic carbocycles. The molecule has 0 bridgehead atoms. The number of nitrogens with zero attached hydrogens (tertiary/aromatic N) is 3. The maximum Gasteiger partial charge on any atom is 0.411 e. The van der Waals surface area contributed by atoms with Gasteiger partial charge in [-0.15, -0.1) is 0 Å². The molecule has 10 nitrogen and oxygen atoms in total. The van der Waals surface area contributed by atoms with E-state index in [9.17, 15) is 27.6 Å². The summed E-state index contributed by atoms with van der Waals surface area (Å²) in [5, 5.41) is 2.38. The third kappa shape index (κ3) is 6.41. The van der Waals surface area contributed by atoms with E-state index in [0.717, 1.165) is 4.90 Å². The van der Waals surface area contributed by atoms with Crippen LogP contribution in [0.4, 0.5) is 27.6 Å². The zero-order valence-electron chi connectivity index (χ0n) is 25.2. The van der Waals surface area contributed by atoms with Crippen LogP contribution in [0.5, 0.6) is 11.5 Å². The fourth-order valence-corrected chi connectivity index (χ4v) is 5.45. The molecule has 1 saturated heterocycles. The number of ketones is 1. The largest absolute Gasteiger partial charge is 0.486 e. The number of carbonyl (C=O) groups excluding carboxylic acids is 2. The van der Waals surface area contributed by atoms with Crippen molar-refractivity contribution < 1.29 is 45.8 Å². The number of ether oxygens (including phenoxy) is 3. The normalized spacial score (nSPS) is 17.0. The van der Waals surface area contributed by atoms with Gasteiger partial charge in [-0.2, -0.15) is 13.2 Å². The Morgan fingerprint density at radius 2 is 1.74 bits per heavy atom. The molecule has 1 fully saturated rings. The number of nitrogens with one attached hydrogen (secondary N) is 1. The second-order valence-corrected chi connectivity index (χ2v) is 10.9. The molecule has 15 heteroatoms. The first-order chi connectivity index (χ1) is 21.8. The highest BCUT2D eigenvalue weighted by atomic mass is 19.4. The Balaban J connectivity index is 1.44. The van der Waals surface area contributed by atoms with Crippen LogP contribution in [0.3, 0.4) is 0 Å². The first kappa shape index (κ1) is 32.9. The molecule has 0 radical (unpaired) electrons. The van der Waals surface area contributed by atoms with Crippen molar-refractivity contribution in [3.05, 3.63) is 69.4 Å². The van der Waals surface area contributed by atoms with Gasteiger partial charge >= 0.3 is 6.18 Å². The predicted molar refractivity (Wildman–Crippen MR) is 155 cm³/mol. The molecule has 0 saturated carbocycles. The number of aromatic nitrogens is 2. The quantitative estimate of drug-likeness (QED) is 0.366. The number of amides is 1. The van der Waals surface area contributed by atoms with E-state index < -0.39 is 59.4 Å². The molecule has 3 heterocycles. The second kappa shape index (κ2) is 13.1. The molecule has 0 spiro atoms. The molecule has 2 atom stereocenters. The van der Waals surface area contributed by atoms with Crippen molar-refractivity contribution in [2.45, 2.75) is 44.9 Å². The summed E-state index contributed by atoms with van der Waals surface area (Å²) in [7, 11) is 1.58. The Kier molecular flexibility index (Phi) is 9.33. The van der Waals surface area contributed by atoms with Crippen LogP contribution in [0.25, 0.3) is 11.1 Å². The van der Waals surface area contributed by atoms with Crippen LogP contribution < -0.4 is 25.2 Å². The summed E-state index contributed by atoms with van der Waals surface area (Å²) >= 11 is 0. The number of fused-ring (bicyclic) bond motifs is 1. The van der Waals surface area contributed by atoms with Crippen LogP contribution in [-0.4, -0.2) is 72.5 Å². The Hall–Kier alpha value is -4.53. The number of Topliss-reactive ketones (excluding diaryl/α,β-unsaturated/α-hetero) is 1.